The highest BCUT2D eigenvalue weighted by molar-refractivity contribution is 7.92. The van der Waals surface area contributed by atoms with Crippen molar-refractivity contribution in [3.05, 3.63) is 72.6 Å². The fraction of sp³-hybridized carbons (Fsp3) is 0.130. The zero-order valence-corrected chi connectivity index (χ0v) is 18.1. The van der Waals surface area contributed by atoms with Crippen LogP contribution in [-0.4, -0.2) is 42.5 Å². The van der Waals surface area contributed by atoms with E-state index in [-0.39, 0.29) is 11.4 Å². The lowest BCUT2D eigenvalue weighted by Gasteiger charge is -2.17. The van der Waals surface area contributed by atoms with E-state index in [4.69, 9.17) is 27.9 Å². The number of pyridine rings is 2. The molecule has 0 bridgehead atoms. The van der Waals surface area contributed by atoms with Crippen LogP contribution in [0.5, 0.6) is 23.1 Å². The third-order valence-corrected chi connectivity index (χ3v) is 5.39. The van der Waals surface area contributed by atoms with E-state index in [1.165, 1.54) is 24.5 Å². The van der Waals surface area contributed by atoms with Crippen LogP contribution in [0.25, 0.3) is 11.4 Å². The van der Waals surface area contributed by atoms with Crippen molar-refractivity contribution >= 4 is 15.8 Å². The summed E-state index contributed by atoms with van der Waals surface area (Å²) in [5.74, 6) is -3.57. The average molecular weight is 490 g/mol. The van der Waals surface area contributed by atoms with Gasteiger partial charge in [0.05, 0.1) is 23.7 Å². The van der Waals surface area contributed by atoms with Crippen LogP contribution >= 0.6 is 0 Å². The minimum atomic E-state index is -4.64. The van der Waals surface area contributed by atoms with Gasteiger partial charge in [-0.2, -0.15) is 13.4 Å². The van der Waals surface area contributed by atoms with Gasteiger partial charge in [-0.1, -0.05) is 18.2 Å². The first-order chi connectivity index (χ1) is 20.4. The Hall–Kier alpha value is -4.25. The van der Waals surface area contributed by atoms with Crippen molar-refractivity contribution in [1.29, 1.82) is 0 Å². The molecule has 0 spiro atoms. The monoisotopic (exact) mass is 489 g/mol. The summed E-state index contributed by atoms with van der Waals surface area (Å²) in [6.07, 6.45) is 3.68. The Kier molecular flexibility index (Phi) is 3.84. The standard InChI is InChI=1S/C23H21N5O5S/c1-15-8-9-19(25-14-15)34(29,30)28-22-20(33-18-7-5-4-6-17(18)31-2)23(32-3)27-21(26-22)16-10-12-24-13-11-16/h4-14H,1-3H3,(H,26,27,28)/i1D3,2D3,4D,5D,6D,7D. The number of aryl methyl sites for hydroxylation is 1. The van der Waals surface area contributed by atoms with Gasteiger partial charge in [-0.3, -0.25) is 9.71 Å². The molecule has 174 valence electrons. The highest BCUT2D eigenvalue weighted by atomic mass is 32.2. The molecule has 1 aromatic carbocycles. The first kappa shape index (κ1) is 13.5. The molecule has 3 heterocycles. The Labute approximate surface area is 210 Å². The predicted octanol–water partition coefficient (Wildman–Crippen LogP) is 3.85. The molecule has 0 aliphatic heterocycles. The van der Waals surface area contributed by atoms with Gasteiger partial charge in [0, 0.05) is 28.3 Å². The summed E-state index contributed by atoms with van der Waals surface area (Å²) >= 11 is 0. The Morgan fingerprint density at radius 2 is 1.82 bits per heavy atom. The third-order valence-electron chi connectivity index (χ3n) is 4.14. The van der Waals surface area contributed by atoms with Crippen molar-refractivity contribution in [1.82, 2.24) is 19.9 Å². The summed E-state index contributed by atoms with van der Waals surface area (Å²) in [5, 5.41) is -0.618. The number of methoxy groups -OCH3 is 2. The van der Waals surface area contributed by atoms with Crippen molar-refractivity contribution in [2.24, 2.45) is 0 Å². The summed E-state index contributed by atoms with van der Waals surface area (Å²) in [6.45, 7) is -2.55. The van der Waals surface area contributed by atoms with Gasteiger partial charge in [-0.25, -0.2) is 9.97 Å². The number of hydrogen-bond donors (Lipinski definition) is 1. The van der Waals surface area contributed by atoms with E-state index in [0.717, 1.165) is 25.4 Å². The average Bonchev–Trinajstić information content (AvgIpc) is 2.96. The number of sulfonamides is 1. The molecule has 0 fully saturated rings. The summed E-state index contributed by atoms with van der Waals surface area (Å²) in [4.78, 5) is 16.1. The molecule has 0 saturated heterocycles. The number of benzene rings is 1. The van der Waals surface area contributed by atoms with Crippen molar-refractivity contribution < 1.29 is 36.3 Å². The van der Waals surface area contributed by atoms with Crippen LogP contribution in [0.1, 0.15) is 19.3 Å². The number of rotatable bonds is 8. The highest BCUT2D eigenvalue weighted by Gasteiger charge is 2.25. The Morgan fingerprint density at radius 3 is 2.50 bits per heavy atom. The molecule has 4 aromatic rings. The van der Waals surface area contributed by atoms with E-state index >= 15 is 0 Å². The van der Waals surface area contributed by atoms with Crippen LogP contribution in [0.3, 0.4) is 0 Å². The second-order valence-corrected chi connectivity index (χ2v) is 7.95. The Morgan fingerprint density at radius 1 is 1.03 bits per heavy atom. The number of ether oxygens (including phenoxy) is 3. The zero-order valence-electron chi connectivity index (χ0n) is 27.3. The topological polar surface area (TPSA) is 125 Å². The first-order valence-corrected chi connectivity index (χ1v) is 10.7. The molecule has 0 amide bonds. The molecule has 0 aliphatic carbocycles. The molecule has 0 aliphatic rings. The molecule has 4 rings (SSSR count). The Bertz CT molecular complexity index is 1810. The van der Waals surface area contributed by atoms with Crippen LogP contribution < -0.4 is 18.9 Å². The van der Waals surface area contributed by atoms with Gasteiger partial charge in [0.2, 0.25) is 5.75 Å². The number of para-hydroxylation sites is 2. The SMILES string of the molecule is [2H]c1c([2H])c([2H])c(OC([2H])([2H])[2H])c(Oc2c(NS(=O)(=O)c3ccc(C([2H])([2H])[2H])cn3)nc(-c3ccncc3)nc2OC)c1[2H]. The van der Waals surface area contributed by atoms with E-state index in [2.05, 4.69) is 24.7 Å². The van der Waals surface area contributed by atoms with E-state index in [1.807, 2.05) is 0 Å². The summed E-state index contributed by atoms with van der Waals surface area (Å²) in [6, 6.07) is 1.57. The molecule has 34 heavy (non-hydrogen) atoms. The van der Waals surface area contributed by atoms with Gasteiger partial charge in [0.15, 0.2) is 28.2 Å². The molecule has 11 heteroatoms. The quantitative estimate of drug-likeness (QED) is 0.393. The number of nitrogens with one attached hydrogen (secondary N) is 1. The van der Waals surface area contributed by atoms with E-state index in [0.29, 0.717) is 5.56 Å². The zero-order chi connectivity index (χ0) is 32.6. The lowest BCUT2D eigenvalue weighted by molar-refractivity contribution is 0.348. The van der Waals surface area contributed by atoms with E-state index in [9.17, 15) is 8.42 Å². The minimum absolute atomic E-state index is 0.103. The van der Waals surface area contributed by atoms with Crippen LogP contribution in [0.15, 0.2) is 72.1 Å². The maximum Gasteiger partial charge on any atom is 0.280 e. The lowest BCUT2D eigenvalue weighted by Crippen LogP contribution is -2.17. The van der Waals surface area contributed by atoms with E-state index < -0.39 is 82.1 Å². The van der Waals surface area contributed by atoms with Gasteiger partial charge in [-0.15, -0.1) is 0 Å². The highest BCUT2D eigenvalue weighted by Crippen LogP contribution is 2.41. The van der Waals surface area contributed by atoms with Crippen molar-refractivity contribution in [3.8, 4) is 34.5 Å². The fourth-order valence-corrected chi connectivity index (χ4v) is 3.55. The van der Waals surface area contributed by atoms with Gasteiger partial charge in [0.1, 0.15) is 0 Å². The fourth-order valence-electron chi connectivity index (χ4n) is 2.61. The minimum Gasteiger partial charge on any atom is -0.493 e. The van der Waals surface area contributed by atoms with Crippen LogP contribution in [0.2, 0.25) is 0 Å². The van der Waals surface area contributed by atoms with E-state index in [1.54, 1.807) is 0 Å². The van der Waals surface area contributed by atoms with Gasteiger partial charge < -0.3 is 14.2 Å². The first-order valence-electron chi connectivity index (χ1n) is 14.3. The smallest absolute Gasteiger partial charge is 0.280 e. The molecular weight excluding hydrogens is 458 g/mol. The molecule has 0 unspecified atom stereocenters. The van der Waals surface area contributed by atoms with Crippen molar-refractivity contribution in [3.63, 3.8) is 0 Å². The summed E-state index contributed by atoms with van der Waals surface area (Å²) in [5.41, 5.74) is 0.127. The van der Waals surface area contributed by atoms with Gasteiger partial charge in [-0.05, 0) is 42.7 Å². The number of anilines is 1. The normalized spacial score (nSPS) is 16.0. The second kappa shape index (κ2) is 9.71. The maximum atomic E-state index is 13.4. The van der Waals surface area contributed by atoms with Crippen molar-refractivity contribution in [2.75, 3.05) is 18.9 Å². The van der Waals surface area contributed by atoms with Crippen LogP contribution in [-0.2, 0) is 10.0 Å². The molecule has 10 nitrogen and oxygen atoms in total. The molecule has 3 aromatic heterocycles. The van der Waals surface area contributed by atoms with Crippen LogP contribution in [0, 0.1) is 6.85 Å². The maximum absolute atomic E-state index is 13.4. The Balaban J connectivity index is 1.93. The lowest BCUT2D eigenvalue weighted by atomic mass is 10.2. The summed E-state index contributed by atoms with van der Waals surface area (Å²) in [7, 11) is -6.69. The number of nitrogens with zero attached hydrogens (tertiary/aromatic N) is 4. The van der Waals surface area contributed by atoms with Crippen LogP contribution in [0.4, 0.5) is 5.82 Å². The van der Waals surface area contributed by atoms with Gasteiger partial charge in [0.25, 0.3) is 15.9 Å². The molecule has 0 atom stereocenters. The number of hydrogen-bond acceptors (Lipinski definition) is 9. The second-order valence-electron chi connectivity index (χ2n) is 6.32. The largest absolute Gasteiger partial charge is 0.493 e. The van der Waals surface area contributed by atoms with Crippen molar-refractivity contribution in [2.45, 2.75) is 11.9 Å². The molecule has 0 radical (unpaired) electrons. The predicted molar refractivity (Wildman–Crippen MR) is 125 cm³/mol. The third kappa shape index (κ3) is 4.89. The molecular formula is C23H21N5O5S. The molecule has 0 saturated carbocycles. The van der Waals surface area contributed by atoms with Gasteiger partial charge >= 0.3 is 0 Å². The number of aromatic nitrogens is 4. The summed E-state index contributed by atoms with van der Waals surface area (Å²) < 4.78 is 122. The molecule has 1 N–H and O–H groups in total.